The molecule has 396 valence electrons. The quantitative estimate of drug-likeness (QED) is 0.142. The van der Waals surface area contributed by atoms with E-state index >= 15 is 0 Å². The van der Waals surface area contributed by atoms with Crippen LogP contribution in [0.3, 0.4) is 0 Å². The van der Waals surface area contributed by atoms with E-state index in [1.807, 2.05) is 107 Å². The maximum Gasteiger partial charge on any atom is 0.235 e. The molecular weight excluding hydrogens is 1100 g/mol. The van der Waals surface area contributed by atoms with Crippen LogP contribution in [-0.4, -0.2) is 59.8 Å². The number of hydrogen-bond acceptors (Lipinski definition) is 12. The summed E-state index contributed by atoms with van der Waals surface area (Å²) in [6.45, 7) is 53.6. The second kappa shape index (κ2) is 26.9. The molecular formula is C56H84Br3FN12. The van der Waals surface area contributed by atoms with Crippen molar-refractivity contribution in [3.8, 4) is 0 Å². The average Bonchev–Trinajstić information content (AvgIpc) is 3.22. The molecule has 0 aromatic carbocycles. The summed E-state index contributed by atoms with van der Waals surface area (Å²) < 4.78 is 15.3. The third kappa shape index (κ3) is 22.9. The van der Waals surface area contributed by atoms with E-state index in [1.54, 1.807) is 0 Å². The van der Waals surface area contributed by atoms with E-state index < -0.39 is 5.95 Å². The summed E-state index contributed by atoms with van der Waals surface area (Å²) in [5.41, 5.74) is 13.8. The van der Waals surface area contributed by atoms with Crippen molar-refractivity contribution in [1.29, 1.82) is 0 Å². The molecule has 0 bridgehead atoms. The van der Waals surface area contributed by atoms with Gasteiger partial charge in [0.1, 0.15) is 19.5 Å². The second-order valence-corrected chi connectivity index (χ2v) is 26.2. The monoisotopic (exact) mass is 1180 g/mol. The first-order valence-corrected chi connectivity index (χ1v) is 26.4. The Morgan fingerprint density at radius 2 is 0.569 bits per heavy atom. The van der Waals surface area contributed by atoms with Crippen molar-refractivity contribution in [1.82, 2.24) is 59.8 Å². The zero-order chi connectivity index (χ0) is 56.1. The summed E-state index contributed by atoms with van der Waals surface area (Å²) in [6, 6.07) is 0. The summed E-state index contributed by atoms with van der Waals surface area (Å²) in [6.07, 6.45) is 10.4. The van der Waals surface area contributed by atoms with Gasteiger partial charge in [0.05, 0.1) is 80.2 Å². The smallest absolute Gasteiger partial charge is 0.235 e. The fraction of sp³-hybridized carbons (Fsp3) is 0.571. The predicted molar refractivity (Wildman–Crippen MR) is 305 cm³/mol. The number of halogens is 4. The number of nitrogens with zero attached hydrogens (tertiary/aromatic N) is 12. The highest BCUT2D eigenvalue weighted by Crippen LogP contribution is 2.26. The van der Waals surface area contributed by atoms with Crippen molar-refractivity contribution in [2.45, 2.75) is 213 Å². The molecule has 6 aromatic heterocycles. The summed E-state index contributed by atoms with van der Waals surface area (Å²) in [4.78, 5) is 51.2. The van der Waals surface area contributed by atoms with Crippen molar-refractivity contribution < 1.29 is 4.39 Å². The van der Waals surface area contributed by atoms with Crippen LogP contribution in [-0.2, 0) is 32.5 Å². The maximum atomic E-state index is 13.1. The van der Waals surface area contributed by atoms with E-state index in [0.717, 1.165) is 83.2 Å². The average molecular weight is 1180 g/mol. The van der Waals surface area contributed by atoms with Crippen molar-refractivity contribution in [3.05, 3.63) is 137 Å². The van der Waals surface area contributed by atoms with Gasteiger partial charge in [-0.25, -0.2) is 19.9 Å². The van der Waals surface area contributed by atoms with Gasteiger partial charge in [-0.1, -0.05) is 125 Å². The minimum atomic E-state index is -0.495. The SMILES string of the molecule is CC(C)(C)c1nc(Br)cnc1F.Cc1cnc(C)c(C(C)(C)C)n1.Cc1cnc(C)c(C(C)(C)C)n1.Cc1cnc(C)c(C(C)(C)C)n1.Cc1ncc(C(C)(C)C)nc1Br.Cc1ncc(C(C)(C)C)nc1Br. The number of rotatable bonds is 0. The second-order valence-electron chi connectivity index (χ2n) is 23.9. The molecule has 0 atom stereocenters. The minimum absolute atomic E-state index is 0.0726. The molecule has 0 unspecified atom stereocenters. The largest absolute Gasteiger partial charge is 0.258 e. The molecule has 0 saturated heterocycles. The van der Waals surface area contributed by atoms with E-state index in [0.29, 0.717) is 10.3 Å². The van der Waals surface area contributed by atoms with Crippen molar-refractivity contribution in [2.24, 2.45) is 0 Å². The van der Waals surface area contributed by atoms with E-state index in [9.17, 15) is 4.39 Å². The number of aryl methyl sites for hydroxylation is 8. The molecule has 0 spiro atoms. The molecule has 0 fully saturated rings. The Kier molecular flexibility index (Phi) is 24.6. The van der Waals surface area contributed by atoms with Crippen LogP contribution in [0.15, 0.2) is 51.0 Å². The van der Waals surface area contributed by atoms with Gasteiger partial charge in [0.15, 0.2) is 0 Å². The lowest BCUT2D eigenvalue weighted by Crippen LogP contribution is -2.17. The molecule has 72 heavy (non-hydrogen) atoms. The zero-order valence-corrected chi connectivity index (χ0v) is 53.1. The lowest BCUT2D eigenvalue weighted by Gasteiger charge is -2.19. The normalized spacial score (nSPS) is 11.8. The predicted octanol–water partition coefficient (Wildman–Crippen LogP) is 15.5. The van der Waals surface area contributed by atoms with Gasteiger partial charge < -0.3 is 0 Å². The molecule has 0 aliphatic heterocycles. The summed E-state index contributed by atoms with van der Waals surface area (Å²) in [7, 11) is 0. The molecule has 0 N–H and O–H groups in total. The first-order chi connectivity index (χ1) is 32.5. The Morgan fingerprint density at radius 1 is 0.306 bits per heavy atom. The fourth-order valence-electron chi connectivity index (χ4n) is 6.15. The fourth-order valence-corrected chi connectivity index (χ4v) is 7.02. The van der Waals surface area contributed by atoms with Crippen LogP contribution >= 0.6 is 47.8 Å². The maximum absolute atomic E-state index is 13.1. The Hall–Kier alpha value is -4.15. The van der Waals surface area contributed by atoms with Crippen LogP contribution in [0.2, 0.25) is 0 Å². The highest BCUT2D eigenvalue weighted by molar-refractivity contribution is 9.11. The van der Waals surface area contributed by atoms with Gasteiger partial charge in [0.2, 0.25) is 5.95 Å². The molecule has 6 rings (SSSR count). The third-order valence-electron chi connectivity index (χ3n) is 10.1. The number of aromatic nitrogens is 12. The molecule has 0 saturated carbocycles. The van der Waals surface area contributed by atoms with Crippen LogP contribution in [0.25, 0.3) is 0 Å². The Balaban J connectivity index is 0.000000432. The Bertz CT molecular complexity index is 2380. The molecule has 16 heteroatoms. The zero-order valence-electron chi connectivity index (χ0n) is 48.3. The van der Waals surface area contributed by atoms with Crippen LogP contribution in [0.4, 0.5) is 4.39 Å². The van der Waals surface area contributed by atoms with Crippen molar-refractivity contribution in [2.75, 3.05) is 0 Å². The first kappa shape index (κ1) is 65.9. The minimum Gasteiger partial charge on any atom is -0.258 e. The standard InChI is InChI=1S/3C10H16N2.2C9H13BrN2.C8H10BrFN2/c3*1-7-6-11-8(2)9(12-7)10(3,4)5;2*1-6-8(10)12-7(5-11-6)9(2,3)4;1-8(2,3)6-7(10)11-4-5(9)12-6/h3*6H,1-5H3;2*5H,1-4H3;4H,1-3H3. The molecule has 12 nitrogen and oxygen atoms in total. The number of hydrogen-bond donors (Lipinski definition) is 0. The van der Waals surface area contributed by atoms with Crippen LogP contribution in [0.1, 0.15) is 204 Å². The molecule has 0 amide bonds. The van der Waals surface area contributed by atoms with Gasteiger partial charge in [-0.2, -0.15) is 4.39 Å². The molecule has 0 aliphatic rings. The summed E-state index contributed by atoms with van der Waals surface area (Å²) in [5.74, 6) is -0.495. The van der Waals surface area contributed by atoms with Crippen molar-refractivity contribution in [3.63, 3.8) is 0 Å². The lowest BCUT2D eigenvalue weighted by molar-refractivity contribution is 0.478. The van der Waals surface area contributed by atoms with Gasteiger partial charge in [-0.15, -0.1) is 0 Å². The van der Waals surface area contributed by atoms with Crippen LogP contribution < -0.4 is 0 Å². The summed E-state index contributed by atoms with van der Waals surface area (Å²) in [5, 5.41) is 0. The highest BCUT2D eigenvalue weighted by Gasteiger charge is 2.23. The van der Waals surface area contributed by atoms with Gasteiger partial charge in [-0.05, 0) is 103 Å². The Morgan fingerprint density at radius 3 is 0.778 bits per heavy atom. The van der Waals surface area contributed by atoms with Crippen molar-refractivity contribution >= 4 is 47.8 Å². The lowest BCUT2D eigenvalue weighted by atomic mass is 9.90. The molecule has 6 heterocycles. The highest BCUT2D eigenvalue weighted by atomic mass is 79.9. The summed E-state index contributed by atoms with van der Waals surface area (Å²) >= 11 is 9.88. The van der Waals surface area contributed by atoms with Crippen LogP contribution in [0, 0.1) is 61.3 Å². The van der Waals surface area contributed by atoms with Gasteiger partial charge in [0.25, 0.3) is 0 Å². The van der Waals surface area contributed by atoms with Gasteiger partial charge >= 0.3 is 0 Å². The van der Waals surface area contributed by atoms with Gasteiger partial charge in [0, 0.05) is 63.5 Å². The van der Waals surface area contributed by atoms with E-state index in [-0.39, 0.29) is 32.5 Å². The van der Waals surface area contributed by atoms with E-state index in [2.05, 4.69) is 211 Å². The molecule has 0 radical (unpaired) electrons. The molecule has 6 aromatic rings. The van der Waals surface area contributed by atoms with Gasteiger partial charge in [-0.3, -0.25) is 39.9 Å². The first-order valence-electron chi connectivity index (χ1n) is 24.1. The topological polar surface area (TPSA) is 155 Å². The molecule has 0 aliphatic carbocycles. The van der Waals surface area contributed by atoms with Crippen LogP contribution in [0.5, 0.6) is 0 Å². The third-order valence-corrected chi connectivity index (χ3v) is 12.0. The van der Waals surface area contributed by atoms with E-state index in [1.165, 1.54) is 6.20 Å². The van der Waals surface area contributed by atoms with E-state index in [4.69, 9.17) is 0 Å². The Labute approximate surface area is 458 Å².